The lowest BCUT2D eigenvalue weighted by Gasteiger charge is -2.27. The predicted octanol–water partition coefficient (Wildman–Crippen LogP) is 3.17. The number of hydrogen-bond donors (Lipinski definition) is 0. The van der Waals surface area contributed by atoms with E-state index < -0.39 is 4.92 Å². The van der Waals surface area contributed by atoms with E-state index in [0.717, 1.165) is 0 Å². The largest absolute Gasteiger partial charge is 0.496 e. The Bertz CT molecular complexity index is 1020. The van der Waals surface area contributed by atoms with Crippen molar-refractivity contribution in [1.29, 1.82) is 0 Å². The van der Waals surface area contributed by atoms with E-state index in [0.29, 0.717) is 59.2 Å². The van der Waals surface area contributed by atoms with Crippen molar-refractivity contribution in [1.82, 2.24) is 4.90 Å². The Labute approximate surface area is 170 Å². The Morgan fingerprint density at radius 1 is 1.28 bits per heavy atom. The number of non-ortho nitro benzene ring substituents is 1. The van der Waals surface area contributed by atoms with Crippen LogP contribution in [0.5, 0.6) is 5.75 Å². The van der Waals surface area contributed by atoms with Crippen molar-refractivity contribution >= 4 is 34.6 Å². The van der Waals surface area contributed by atoms with Gasteiger partial charge in [-0.2, -0.15) is 4.99 Å². The van der Waals surface area contributed by atoms with Crippen LogP contribution >= 0.6 is 11.8 Å². The van der Waals surface area contributed by atoms with Crippen molar-refractivity contribution in [2.45, 2.75) is 0 Å². The molecule has 0 bridgehead atoms. The molecule has 10 heteroatoms. The highest BCUT2D eigenvalue weighted by Crippen LogP contribution is 2.36. The summed E-state index contributed by atoms with van der Waals surface area (Å²) in [5.41, 5.74) is 0.393. The summed E-state index contributed by atoms with van der Waals surface area (Å²) in [7, 11) is 1.48. The van der Waals surface area contributed by atoms with Crippen LogP contribution in [-0.4, -0.2) is 54.3 Å². The Balaban J connectivity index is 1.57. The molecule has 1 aromatic carbocycles. The Morgan fingerprint density at radius 3 is 2.79 bits per heavy atom. The van der Waals surface area contributed by atoms with Crippen molar-refractivity contribution < 1.29 is 23.6 Å². The molecule has 9 nitrogen and oxygen atoms in total. The summed E-state index contributed by atoms with van der Waals surface area (Å²) in [6.45, 7) is 2.62. The number of methoxy groups -OCH3 is 1. The lowest BCUT2D eigenvalue weighted by molar-refractivity contribution is -0.384. The number of thioether (sulfide) groups is 1. The second-order valence-electron chi connectivity index (χ2n) is 6.25. The zero-order chi connectivity index (χ0) is 20.4. The highest BCUT2D eigenvalue weighted by Gasteiger charge is 2.27. The number of nitrogens with zero attached hydrogens (tertiary/aromatic N) is 3. The number of ether oxygens (including phenoxy) is 2. The van der Waals surface area contributed by atoms with Gasteiger partial charge in [-0.3, -0.25) is 14.9 Å². The molecule has 0 aliphatic carbocycles. The van der Waals surface area contributed by atoms with E-state index in [9.17, 15) is 14.9 Å². The molecule has 1 aromatic heterocycles. The zero-order valence-corrected chi connectivity index (χ0v) is 16.3. The zero-order valence-electron chi connectivity index (χ0n) is 15.5. The molecule has 1 saturated heterocycles. The first-order valence-corrected chi connectivity index (χ1v) is 9.64. The Morgan fingerprint density at radius 2 is 2.07 bits per heavy atom. The molecular weight excluding hydrogens is 398 g/mol. The average molecular weight is 415 g/mol. The third-order valence-electron chi connectivity index (χ3n) is 4.45. The van der Waals surface area contributed by atoms with Gasteiger partial charge in [0.25, 0.3) is 11.6 Å². The van der Waals surface area contributed by atoms with Crippen molar-refractivity contribution in [3.63, 3.8) is 0 Å². The number of amidine groups is 1. The molecular formula is C19H17N3O6S. The highest BCUT2D eigenvalue weighted by molar-refractivity contribution is 8.18. The van der Waals surface area contributed by atoms with E-state index in [1.54, 1.807) is 18.2 Å². The average Bonchev–Trinajstić information content (AvgIpc) is 3.35. The minimum absolute atomic E-state index is 0.0674. The number of morpholine rings is 1. The fourth-order valence-electron chi connectivity index (χ4n) is 2.99. The molecule has 2 aromatic rings. The standard InChI is InChI=1S/C19H17N3O6S/c1-26-15-4-2-12(22(24)25)10-14(15)16-5-3-13(28-16)11-17-18(23)20-19(29-17)21-6-8-27-9-7-21/h2-5,10-11H,6-9H2,1H3. The first kappa shape index (κ1) is 19.2. The lowest BCUT2D eigenvalue weighted by atomic mass is 10.1. The third-order valence-corrected chi connectivity index (χ3v) is 5.49. The van der Waals surface area contributed by atoms with Gasteiger partial charge in [0.2, 0.25) is 0 Å². The first-order chi connectivity index (χ1) is 14.0. The monoisotopic (exact) mass is 415 g/mol. The molecule has 0 unspecified atom stereocenters. The maximum atomic E-state index is 12.3. The number of hydrogen-bond acceptors (Lipinski definition) is 8. The molecule has 2 aliphatic heterocycles. The van der Waals surface area contributed by atoms with Gasteiger partial charge in [-0.15, -0.1) is 0 Å². The molecule has 4 rings (SSSR count). The van der Waals surface area contributed by atoms with E-state index in [1.807, 2.05) is 4.90 Å². The molecule has 0 saturated carbocycles. The molecule has 1 amide bonds. The molecule has 0 atom stereocenters. The number of nitro benzene ring substituents is 1. The summed E-state index contributed by atoms with van der Waals surface area (Å²) < 4.78 is 16.4. The van der Waals surface area contributed by atoms with Gasteiger partial charge in [0, 0.05) is 31.3 Å². The highest BCUT2D eigenvalue weighted by atomic mass is 32.2. The van der Waals surface area contributed by atoms with Gasteiger partial charge in [-0.1, -0.05) is 0 Å². The SMILES string of the molecule is COc1ccc([N+](=O)[O-])cc1-c1ccc(C=C2SC(N3CCOCC3)=NC2=O)o1. The number of carbonyl (C=O) groups is 1. The van der Waals surface area contributed by atoms with Gasteiger partial charge in [-0.25, -0.2) is 0 Å². The van der Waals surface area contributed by atoms with Crippen LogP contribution in [0.3, 0.4) is 0 Å². The molecule has 0 spiro atoms. The minimum atomic E-state index is -0.479. The second-order valence-corrected chi connectivity index (χ2v) is 7.26. The maximum Gasteiger partial charge on any atom is 0.286 e. The normalized spacial score (nSPS) is 18.2. The summed E-state index contributed by atoms with van der Waals surface area (Å²) >= 11 is 1.30. The number of aliphatic imine (C=N–C) groups is 1. The van der Waals surface area contributed by atoms with Crippen molar-refractivity contribution in [3.05, 3.63) is 51.1 Å². The topological polar surface area (TPSA) is 107 Å². The van der Waals surface area contributed by atoms with Gasteiger partial charge in [0.1, 0.15) is 17.3 Å². The molecule has 0 N–H and O–H groups in total. The van der Waals surface area contributed by atoms with E-state index in [-0.39, 0.29) is 11.6 Å². The summed E-state index contributed by atoms with van der Waals surface area (Å²) in [4.78, 5) is 29.5. The van der Waals surface area contributed by atoms with Gasteiger partial charge >= 0.3 is 0 Å². The molecule has 29 heavy (non-hydrogen) atoms. The summed E-state index contributed by atoms with van der Waals surface area (Å²) in [5.74, 6) is 0.987. The number of benzene rings is 1. The predicted molar refractivity (Wildman–Crippen MR) is 108 cm³/mol. The summed E-state index contributed by atoms with van der Waals surface area (Å²) in [6.07, 6.45) is 1.62. The van der Waals surface area contributed by atoms with E-state index in [4.69, 9.17) is 13.9 Å². The minimum Gasteiger partial charge on any atom is -0.496 e. The fourth-order valence-corrected chi connectivity index (χ4v) is 3.94. The van der Waals surface area contributed by atoms with Gasteiger partial charge < -0.3 is 18.8 Å². The molecule has 0 radical (unpaired) electrons. The van der Waals surface area contributed by atoms with E-state index in [1.165, 1.54) is 37.1 Å². The maximum absolute atomic E-state index is 12.3. The van der Waals surface area contributed by atoms with Gasteiger partial charge in [0.05, 0.1) is 35.7 Å². The van der Waals surface area contributed by atoms with Crippen LogP contribution in [0.15, 0.2) is 44.6 Å². The van der Waals surface area contributed by atoms with Crippen LogP contribution in [0.1, 0.15) is 5.76 Å². The van der Waals surface area contributed by atoms with Crippen molar-refractivity contribution in [3.8, 4) is 17.1 Å². The number of furan rings is 1. The number of amides is 1. The molecule has 1 fully saturated rings. The molecule has 2 aliphatic rings. The van der Waals surface area contributed by atoms with E-state index >= 15 is 0 Å². The van der Waals surface area contributed by atoms with Crippen molar-refractivity contribution in [2.24, 2.45) is 4.99 Å². The molecule has 3 heterocycles. The van der Waals surface area contributed by atoms with Crippen LogP contribution in [-0.2, 0) is 9.53 Å². The number of nitro groups is 1. The molecule has 150 valence electrons. The smallest absolute Gasteiger partial charge is 0.286 e. The van der Waals surface area contributed by atoms with Crippen LogP contribution in [0.2, 0.25) is 0 Å². The Kier molecular flexibility index (Phi) is 5.36. The van der Waals surface area contributed by atoms with Crippen molar-refractivity contribution in [2.75, 3.05) is 33.4 Å². The van der Waals surface area contributed by atoms with Crippen LogP contribution in [0.4, 0.5) is 5.69 Å². The van der Waals surface area contributed by atoms with Gasteiger partial charge in [-0.05, 0) is 30.0 Å². The van der Waals surface area contributed by atoms with Gasteiger partial charge in [0.15, 0.2) is 5.17 Å². The number of carbonyl (C=O) groups excluding carboxylic acids is 1. The van der Waals surface area contributed by atoms with Crippen LogP contribution < -0.4 is 4.74 Å². The van der Waals surface area contributed by atoms with Crippen LogP contribution in [0, 0.1) is 10.1 Å². The number of rotatable bonds is 4. The quantitative estimate of drug-likeness (QED) is 0.426. The second kappa shape index (κ2) is 8.10. The van der Waals surface area contributed by atoms with Crippen LogP contribution in [0.25, 0.3) is 17.4 Å². The lowest BCUT2D eigenvalue weighted by Crippen LogP contribution is -2.38. The van der Waals surface area contributed by atoms with E-state index in [2.05, 4.69) is 4.99 Å². The fraction of sp³-hybridized carbons (Fsp3) is 0.263. The third kappa shape index (κ3) is 4.03. The summed E-state index contributed by atoms with van der Waals surface area (Å²) in [5, 5.41) is 11.7. The summed E-state index contributed by atoms with van der Waals surface area (Å²) in [6, 6.07) is 7.66. The first-order valence-electron chi connectivity index (χ1n) is 8.83. The Hall–Kier alpha value is -3.11.